The number of rotatable bonds is 4. The quantitative estimate of drug-likeness (QED) is 0.927. The van der Waals surface area contributed by atoms with E-state index in [9.17, 15) is 4.79 Å². The van der Waals surface area contributed by atoms with Gasteiger partial charge in [-0.3, -0.25) is 9.48 Å². The van der Waals surface area contributed by atoms with Gasteiger partial charge >= 0.3 is 0 Å². The maximum Gasteiger partial charge on any atom is 0.257 e. The molecule has 0 spiro atoms. The van der Waals surface area contributed by atoms with E-state index in [1.54, 1.807) is 24.2 Å². The lowest BCUT2D eigenvalue weighted by molar-refractivity contribution is 0.0789. The first kappa shape index (κ1) is 15.6. The molecule has 1 amide bonds. The lowest BCUT2D eigenvalue weighted by atomic mass is 9.95. The summed E-state index contributed by atoms with van der Waals surface area (Å²) in [5.74, 6) is 0.921. The predicted molar refractivity (Wildman–Crippen MR) is 87.5 cm³/mol. The SMILES string of the molecule is CCn1cc(C(=O)N2CC(N)C(c3cccc(OC)c3)C2)cn1. The van der Waals surface area contributed by atoms with E-state index in [0.29, 0.717) is 18.7 Å². The van der Waals surface area contributed by atoms with Crippen LogP contribution in [0.15, 0.2) is 36.7 Å². The van der Waals surface area contributed by atoms with Crippen LogP contribution < -0.4 is 10.5 Å². The van der Waals surface area contributed by atoms with Crippen molar-refractivity contribution in [1.82, 2.24) is 14.7 Å². The van der Waals surface area contributed by atoms with Crippen LogP contribution in [-0.2, 0) is 6.54 Å². The van der Waals surface area contributed by atoms with E-state index in [1.165, 1.54) is 0 Å². The number of ether oxygens (including phenoxy) is 1. The molecule has 0 aliphatic carbocycles. The van der Waals surface area contributed by atoms with Crippen molar-refractivity contribution in [2.45, 2.75) is 25.4 Å². The summed E-state index contributed by atoms with van der Waals surface area (Å²) in [4.78, 5) is 14.4. The first-order valence-corrected chi connectivity index (χ1v) is 7.83. The fourth-order valence-corrected chi connectivity index (χ4v) is 3.05. The molecule has 1 aliphatic heterocycles. The molecular formula is C17H22N4O2. The summed E-state index contributed by atoms with van der Waals surface area (Å²) >= 11 is 0. The zero-order valence-corrected chi connectivity index (χ0v) is 13.5. The van der Waals surface area contributed by atoms with E-state index in [4.69, 9.17) is 10.5 Å². The number of aryl methyl sites for hydroxylation is 1. The predicted octanol–water partition coefficient (Wildman–Crippen LogP) is 1.48. The summed E-state index contributed by atoms with van der Waals surface area (Å²) in [6.45, 7) is 3.91. The van der Waals surface area contributed by atoms with Crippen LogP contribution >= 0.6 is 0 Å². The smallest absolute Gasteiger partial charge is 0.257 e. The number of amides is 1. The molecule has 2 aromatic rings. The third kappa shape index (κ3) is 3.07. The minimum atomic E-state index is -0.0766. The second-order valence-electron chi connectivity index (χ2n) is 5.84. The van der Waals surface area contributed by atoms with Gasteiger partial charge in [0.2, 0.25) is 0 Å². The van der Waals surface area contributed by atoms with E-state index in [1.807, 2.05) is 36.1 Å². The molecule has 6 heteroatoms. The van der Waals surface area contributed by atoms with Crippen molar-refractivity contribution in [3.05, 3.63) is 47.8 Å². The summed E-state index contributed by atoms with van der Waals surface area (Å²) in [5.41, 5.74) is 8.01. The second kappa shape index (κ2) is 6.42. The summed E-state index contributed by atoms with van der Waals surface area (Å²) in [5, 5.41) is 4.17. The number of nitrogens with zero attached hydrogens (tertiary/aromatic N) is 3. The monoisotopic (exact) mass is 314 g/mol. The van der Waals surface area contributed by atoms with Crippen LogP contribution in [0.1, 0.15) is 28.8 Å². The Morgan fingerprint density at radius 1 is 1.43 bits per heavy atom. The number of nitrogens with two attached hydrogens (primary N) is 1. The molecule has 2 heterocycles. The van der Waals surface area contributed by atoms with Crippen molar-refractivity contribution in [2.75, 3.05) is 20.2 Å². The molecule has 2 N–H and O–H groups in total. The van der Waals surface area contributed by atoms with Crippen molar-refractivity contribution < 1.29 is 9.53 Å². The van der Waals surface area contributed by atoms with Gasteiger partial charge in [-0.25, -0.2) is 0 Å². The van der Waals surface area contributed by atoms with Crippen LogP contribution in [-0.4, -0.2) is 46.8 Å². The van der Waals surface area contributed by atoms with Crippen LogP contribution in [0.5, 0.6) is 5.75 Å². The van der Waals surface area contributed by atoms with Gasteiger partial charge in [-0.15, -0.1) is 0 Å². The van der Waals surface area contributed by atoms with Crippen molar-refractivity contribution in [2.24, 2.45) is 5.73 Å². The average Bonchev–Trinajstić information content (AvgIpc) is 3.21. The number of methoxy groups -OCH3 is 1. The number of hydrogen-bond donors (Lipinski definition) is 1. The highest BCUT2D eigenvalue weighted by atomic mass is 16.5. The summed E-state index contributed by atoms with van der Waals surface area (Å²) < 4.78 is 7.03. The van der Waals surface area contributed by atoms with Gasteiger partial charge in [-0.2, -0.15) is 5.10 Å². The molecule has 0 bridgehead atoms. The van der Waals surface area contributed by atoms with Gasteiger partial charge < -0.3 is 15.4 Å². The molecule has 122 valence electrons. The molecule has 1 aromatic carbocycles. The molecule has 0 radical (unpaired) electrons. The normalized spacial score (nSPS) is 20.7. The Hall–Kier alpha value is -2.34. The third-order valence-corrected chi connectivity index (χ3v) is 4.38. The van der Waals surface area contributed by atoms with Gasteiger partial charge in [-0.1, -0.05) is 12.1 Å². The number of aromatic nitrogens is 2. The maximum atomic E-state index is 12.6. The van der Waals surface area contributed by atoms with Gasteiger partial charge in [0.15, 0.2) is 0 Å². The van der Waals surface area contributed by atoms with Crippen molar-refractivity contribution in [1.29, 1.82) is 0 Å². The largest absolute Gasteiger partial charge is 0.497 e. The number of carbonyl (C=O) groups is 1. The fraction of sp³-hybridized carbons (Fsp3) is 0.412. The molecule has 1 aromatic heterocycles. The number of carbonyl (C=O) groups excluding carboxylic acids is 1. The lowest BCUT2D eigenvalue weighted by Crippen LogP contribution is -2.32. The molecule has 23 heavy (non-hydrogen) atoms. The van der Waals surface area contributed by atoms with Gasteiger partial charge in [0.05, 0.1) is 18.9 Å². The van der Waals surface area contributed by atoms with Crippen molar-refractivity contribution >= 4 is 5.91 Å². The number of benzene rings is 1. The van der Waals surface area contributed by atoms with Gasteiger partial charge in [-0.05, 0) is 24.6 Å². The Balaban J connectivity index is 1.76. The Kier molecular flexibility index (Phi) is 4.34. The molecule has 1 fully saturated rings. The molecule has 3 rings (SSSR count). The van der Waals surface area contributed by atoms with Crippen LogP contribution in [0.3, 0.4) is 0 Å². The highest BCUT2D eigenvalue weighted by Crippen LogP contribution is 2.29. The van der Waals surface area contributed by atoms with E-state index < -0.39 is 0 Å². The third-order valence-electron chi connectivity index (χ3n) is 4.38. The minimum absolute atomic E-state index is 0.00875. The first-order valence-electron chi connectivity index (χ1n) is 7.83. The van der Waals surface area contributed by atoms with Crippen LogP contribution in [0, 0.1) is 0 Å². The summed E-state index contributed by atoms with van der Waals surface area (Å²) in [7, 11) is 1.65. The second-order valence-corrected chi connectivity index (χ2v) is 5.84. The molecule has 1 aliphatic rings. The highest BCUT2D eigenvalue weighted by molar-refractivity contribution is 5.94. The lowest BCUT2D eigenvalue weighted by Gasteiger charge is -2.16. The topological polar surface area (TPSA) is 73.4 Å². The summed E-state index contributed by atoms with van der Waals surface area (Å²) in [6.07, 6.45) is 3.41. The minimum Gasteiger partial charge on any atom is -0.497 e. The first-order chi connectivity index (χ1) is 11.1. The molecule has 1 saturated heterocycles. The molecule has 2 unspecified atom stereocenters. The van der Waals surface area contributed by atoms with Gasteiger partial charge in [0.1, 0.15) is 5.75 Å². The summed E-state index contributed by atoms with van der Waals surface area (Å²) in [6, 6.07) is 7.82. The van der Waals surface area contributed by atoms with E-state index >= 15 is 0 Å². The van der Waals surface area contributed by atoms with Crippen LogP contribution in [0.2, 0.25) is 0 Å². The Morgan fingerprint density at radius 3 is 2.96 bits per heavy atom. The van der Waals surface area contributed by atoms with Crippen LogP contribution in [0.4, 0.5) is 0 Å². The number of likely N-dealkylation sites (tertiary alicyclic amines) is 1. The van der Waals surface area contributed by atoms with Crippen molar-refractivity contribution in [3.63, 3.8) is 0 Å². The van der Waals surface area contributed by atoms with E-state index in [-0.39, 0.29) is 17.9 Å². The van der Waals surface area contributed by atoms with E-state index in [0.717, 1.165) is 17.9 Å². The van der Waals surface area contributed by atoms with Gasteiger partial charge in [0, 0.05) is 37.8 Å². The zero-order chi connectivity index (χ0) is 16.4. The molecule has 2 atom stereocenters. The molecule has 0 saturated carbocycles. The Morgan fingerprint density at radius 2 is 2.26 bits per heavy atom. The standard InChI is InChI=1S/C17H22N4O2/c1-3-21-9-13(8-19-21)17(22)20-10-15(16(18)11-20)12-5-4-6-14(7-12)23-2/h4-9,15-16H,3,10-11,18H2,1-2H3. The maximum absolute atomic E-state index is 12.6. The zero-order valence-electron chi connectivity index (χ0n) is 13.5. The number of hydrogen-bond acceptors (Lipinski definition) is 4. The van der Waals surface area contributed by atoms with E-state index in [2.05, 4.69) is 5.10 Å². The van der Waals surface area contributed by atoms with Gasteiger partial charge in [0.25, 0.3) is 5.91 Å². The van der Waals surface area contributed by atoms with Crippen molar-refractivity contribution in [3.8, 4) is 5.75 Å². The molecule has 6 nitrogen and oxygen atoms in total. The fourth-order valence-electron chi connectivity index (χ4n) is 3.05. The highest BCUT2D eigenvalue weighted by Gasteiger charge is 2.34. The molecular weight excluding hydrogens is 292 g/mol. The van der Waals surface area contributed by atoms with Crippen LogP contribution in [0.25, 0.3) is 0 Å². The Bertz CT molecular complexity index is 697. The Labute approximate surface area is 135 Å². The average molecular weight is 314 g/mol.